The third kappa shape index (κ3) is 4.62. The van der Waals surface area contributed by atoms with Crippen LogP contribution in [0.3, 0.4) is 0 Å². The molecular weight excluding hydrogens is 453 g/mol. The number of halogens is 2. The third-order valence-corrected chi connectivity index (χ3v) is 6.56. The Morgan fingerprint density at radius 1 is 1.19 bits per heavy atom. The van der Waals surface area contributed by atoms with Gasteiger partial charge >= 0.3 is 0 Å². The molecule has 1 fully saturated rings. The first kappa shape index (κ1) is 22.3. The molecule has 1 amide bonds. The lowest BCUT2D eigenvalue weighted by Gasteiger charge is -2.34. The van der Waals surface area contributed by atoms with Gasteiger partial charge in [-0.2, -0.15) is 4.98 Å². The van der Waals surface area contributed by atoms with Crippen molar-refractivity contribution in [2.75, 3.05) is 48.8 Å². The normalized spacial score (nSPS) is 14.4. The van der Waals surface area contributed by atoms with Gasteiger partial charge in [-0.3, -0.25) is 4.79 Å². The molecule has 2 aromatic heterocycles. The minimum absolute atomic E-state index is 0.0195. The lowest BCUT2D eigenvalue weighted by Crippen LogP contribution is -2.44. The number of benzene rings is 1. The molecule has 11 heteroatoms. The number of rotatable bonds is 6. The predicted octanol–water partition coefficient (Wildman–Crippen LogP) is 3.98. The summed E-state index contributed by atoms with van der Waals surface area (Å²) in [5, 5.41) is 7.84. The number of nitrogens with one attached hydrogen (secondary N) is 2. The molecule has 1 aliphatic heterocycles. The summed E-state index contributed by atoms with van der Waals surface area (Å²) in [6.07, 6.45) is 1.62. The summed E-state index contributed by atoms with van der Waals surface area (Å²) in [5.41, 5.74) is 7.60. The average molecular weight is 476 g/mol. The SMILES string of the molecule is Cc1cnc(Nc2ccc(N3CCN(C)CC3)c(F)c2Cl)nc1Nc1ccsc1C(N)=O. The van der Waals surface area contributed by atoms with Crippen molar-refractivity contribution >= 4 is 57.7 Å². The number of piperazine rings is 1. The van der Waals surface area contributed by atoms with Crippen molar-refractivity contribution in [2.45, 2.75) is 6.92 Å². The van der Waals surface area contributed by atoms with E-state index in [9.17, 15) is 4.79 Å². The molecule has 0 bridgehead atoms. The van der Waals surface area contributed by atoms with E-state index < -0.39 is 11.7 Å². The quantitative estimate of drug-likeness (QED) is 0.496. The van der Waals surface area contributed by atoms with E-state index in [2.05, 4.69) is 25.5 Å². The van der Waals surface area contributed by atoms with Gasteiger partial charge < -0.3 is 26.2 Å². The topological polar surface area (TPSA) is 99.4 Å². The number of aromatic nitrogens is 2. The van der Waals surface area contributed by atoms with Crippen molar-refractivity contribution in [3.05, 3.63) is 51.1 Å². The number of hydrogen-bond donors (Lipinski definition) is 3. The van der Waals surface area contributed by atoms with Crippen LogP contribution in [0.4, 0.5) is 33.2 Å². The Hall–Kier alpha value is -2.95. The highest BCUT2D eigenvalue weighted by atomic mass is 35.5. The Morgan fingerprint density at radius 2 is 1.94 bits per heavy atom. The van der Waals surface area contributed by atoms with E-state index in [1.807, 2.05) is 18.9 Å². The molecule has 0 radical (unpaired) electrons. The second-order valence-electron chi connectivity index (χ2n) is 7.55. The van der Waals surface area contributed by atoms with Gasteiger partial charge in [-0.1, -0.05) is 11.6 Å². The van der Waals surface area contributed by atoms with Gasteiger partial charge in [0, 0.05) is 37.9 Å². The smallest absolute Gasteiger partial charge is 0.260 e. The monoisotopic (exact) mass is 475 g/mol. The summed E-state index contributed by atoms with van der Waals surface area (Å²) in [6.45, 7) is 5.04. The minimum atomic E-state index is -0.518. The van der Waals surface area contributed by atoms with E-state index in [-0.39, 0.29) is 11.0 Å². The third-order valence-electron chi connectivity index (χ3n) is 5.27. The van der Waals surface area contributed by atoms with Crippen molar-refractivity contribution < 1.29 is 9.18 Å². The molecule has 0 unspecified atom stereocenters. The highest BCUT2D eigenvalue weighted by Crippen LogP contribution is 2.34. The van der Waals surface area contributed by atoms with Crippen LogP contribution in [0.5, 0.6) is 0 Å². The fourth-order valence-corrected chi connectivity index (χ4v) is 4.31. The summed E-state index contributed by atoms with van der Waals surface area (Å²) in [6, 6.07) is 5.19. The number of nitrogens with two attached hydrogens (primary N) is 1. The Balaban J connectivity index is 1.55. The van der Waals surface area contributed by atoms with Gasteiger partial charge in [-0.15, -0.1) is 11.3 Å². The second-order valence-corrected chi connectivity index (χ2v) is 8.85. The van der Waals surface area contributed by atoms with Crippen LogP contribution in [0.2, 0.25) is 5.02 Å². The standard InChI is InChI=1S/C21H23ClFN7OS/c1-12-11-25-21(28-20(12)26-14-5-10-32-18(14)19(24)31)27-13-3-4-15(17(23)16(13)22)30-8-6-29(2)7-9-30/h3-5,10-11H,6-9H2,1-2H3,(H2,24,31)(H2,25,26,27,28). The zero-order chi connectivity index (χ0) is 22.8. The van der Waals surface area contributed by atoms with Crippen LogP contribution >= 0.6 is 22.9 Å². The van der Waals surface area contributed by atoms with E-state index in [1.165, 1.54) is 11.3 Å². The van der Waals surface area contributed by atoms with Gasteiger partial charge in [-0.25, -0.2) is 9.37 Å². The Kier molecular flexibility index (Phi) is 6.45. The van der Waals surface area contributed by atoms with E-state index in [0.29, 0.717) is 27.8 Å². The first-order chi connectivity index (χ1) is 15.3. The number of thiophene rings is 1. The molecule has 3 aromatic rings. The van der Waals surface area contributed by atoms with Gasteiger partial charge in [-0.05, 0) is 37.6 Å². The van der Waals surface area contributed by atoms with Crippen LogP contribution in [0, 0.1) is 12.7 Å². The molecule has 4 rings (SSSR count). The van der Waals surface area contributed by atoms with Gasteiger partial charge in [0.05, 0.1) is 17.1 Å². The number of likely N-dealkylation sites (N-methyl/N-ethyl adjacent to an activating group) is 1. The van der Waals surface area contributed by atoms with Crippen molar-refractivity contribution in [3.8, 4) is 0 Å². The molecule has 0 spiro atoms. The number of nitrogens with zero attached hydrogens (tertiary/aromatic N) is 4. The summed E-state index contributed by atoms with van der Waals surface area (Å²) in [7, 11) is 2.05. The Morgan fingerprint density at radius 3 is 2.66 bits per heavy atom. The largest absolute Gasteiger partial charge is 0.367 e. The number of carbonyl (C=O) groups is 1. The van der Waals surface area contributed by atoms with Crippen LogP contribution in [-0.2, 0) is 0 Å². The fourth-order valence-electron chi connectivity index (χ4n) is 3.40. The first-order valence-electron chi connectivity index (χ1n) is 10.00. The van der Waals surface area contributed by atoms with E-state index >= 15 is 4.39 Å². The number of primary amides is 1. The van der Waals surface area contributed by atoms with Crippen molar-refractivity contribution in [1.82, 2.24) is 14.9 Å². The van der Waals surface area contributed by atoms with Crippen molar-refractivity contribution in [2.24, 2.45) is 5.73 Å². The molecule has 3 heterocycles. The van der Waals surface area contributed by atoms with Crippen molar-refractivity contribution in [1.29, 1.82) is 0 Å². The predicted molar refractivity (Wildman–Crippen MR) is 127 cm³/mol. The zero-order valence-electron chi connectivity index (χ0n) is 17.7. The Labute approximate surface area is 194 Å². The fraction of sp³-hybridized carbons (Fsp3) is 0.286. The van der Waals surface area contributed by atoms with Gasteiger partial charge in [0.2, 0.25) is 5.95 Å². The molecule has 0 aliphatic carbocycles. The van der Waals surface area contributed by atoms with Crippen LogP contribution < -0.4 is 21.3 Å². The summed E-state index contributed by atoms with van der Waals surface area (Å²) < 4.78 is 15.0. The molecule has 1 aromatic carbocycles. The molecule has 32 heavy (non-hydrogen) atoms. The maximum atomic E-state index is 15.0. The molecule has 8 nitrogen and oxygen atoms in total. The number of aryl methyl sites for hydroxylation is 1. The second kappa shape index (κ2) is 9.27. The molecule has 168 valence electrons. The molecule has 1 aliphatic rings. The molecule has 0 saturated carbocycles. The summed E-state index contributed by atoms with van der Waals surface area (Å²) in [4.78, 5) is 24.9. The van der Waals surface area contributed by atoms with Gasteiger partial charge in [0.25, 0.3) is 5.91 Å². The van der Waals surface area contributed by atoms with E-state index in [4.69, 9.17) is 17.3 Å². The van der Waals surface area contributed by atoms with Crippen LogP contribution in [-0.4, -0.2) is 54.0 Å². The number of hydrogen-bond acceptors (Lipinski definition) is 8. The van der Waals surface area contributed by atoms with E-state index in [1.54, 1.807) is 29.8 Å². The molecular formula is C21H23ClFN7OS. The number of amides is 1. The van der Waals surface area contributed by atoms with Gasteiger partial charge in [0.15, 0.2) is 5.82 Å². The highest BCUT2D eigenvalue weighted by Gasteiger charge is 2.21. The van der Waals surface area contributed by atoms with Crippen LogP contribution in [0.15, 0.2) is 29.8 Å². The maximum absolute atomic E-state index is 15.0. The molecule has 0 atom stereocenters. The first-order valence-corrected chi connectivity index (χ1v) is 11.3. The summed E-state index contributed by atoms with van der Waals surface area (Å²) in [5.74, 6) is -0.261. The lowest BCUT2D eigenvalue weighted by molar-refractivity contribution is 0.100. The highest BCUT2D eigenvalue weighted by molar-refractivity contribution is 7.12. The van der Waals surface area contributed by atoms with Crippen molar-refractivity contribution in [3.63, 3.8) is 0 Å². The average Bonchev–Trinajstić information content (AvgIpc) is 3.23. The number of anilines is 5. The van der Waals surface area contributed by atoms with Crippen LogP contribution in [0.25, 0.3) is 0 Å². The Bertz CT molecular complexity index is 1150. The van der Waals surface area contributed by atoms with Crippen LogP contribution in [0.1, 0.15) is 15.2 Å². The van der Waals surface area contributed by atoms with Gasteiger partial charge in [0.1, 0.15) is 15.7 Å². The minimum Gasteiger partial charge on any atom is -0.367 e. The lowest BCUT2D eigenvalue weighted by atomic mass is 10.2. The number of carbonyl (C=O) groups excluding carboxylic acids is 1. The molecule has 4 N–H and O–H groups in total. The zero-order valence-corrected chi connectivity index (χ0v) is 19.2. The summed E-state index contributed by atoms with van der Waals surface area (Å²) >= 11 is 7.59. The molecule has 1 saturated heterocycles. The van der Waals surface area contributed by atoms with E-state index in [0.717, 1.165) is 31.7 Å². The maximum Gasteiger partial charge on any atom is 0.260 e.